The van der Waals surface area contributed by atoms with E-state index in [2.05, 4.69) is 11.8 Å². The molecule has 0 spiro atoms. The van der Waals surface area contributed by atoms with E-state index in [1.54, 1.807) is 0 Å². The Morgan fingerprint density at radius 3 is 2.81 bits per heavy atom. The largest absolute Gasteiger partial charge is 0.378 e. The van der Waals surface area contributed by atoms with Gasteiger partial charge in [0.25, 0.3) is 0 Å². The molecule has 3 aliphatic heterocycles. The van der Waals surface area contributed by atoms with Crippen molar-refractivity contribution in [2.75, 3.05) is 19.0 Å². The smallest absolute Gasteiger partial charge is 0.110 e. The summed E-state index contributed by atoms with van der Waals surface area (Å²) in [6.07, 6.45) is 9.53. The van der Waals surface area contributed by atoms with Gasteiger partial charge >= 0.3 is 0 Å². The van der Waals surface area contributed by atoms with Crippen molar-refractivity contribution in [3.63, 3.8) is 0 Å². The standard InChI is InChI=1S/C13H21O2S/c1-2-7-14-11(4-1)10-6-9-16-13(10)12-5-3-8-15-12/h10-11,13H,1-9H2. The van der Waals surface area contributed by atoms with E-state index in [9.17, 15) is 0 Å². The van der Waals surface area contributed by atoms with Gasteiger partial charge in [-0.1, -0.05) is 0 Å². The van der Waals surface area contributed by atoms with Gasteiger partial charge in [0.05, 0.1) is 6.10 Å². The SMILES string of the molecule is C1CCC(C2CCSC2[C]2CCCO2)OC1. The van der Waals surface area contributed by atoms with Gasteiger partial charge in [0.1, 0.15) is 6.10 Å². The summed E-state index contributed by atoms with van der Waals surface area (Å²) in [7, 11) is 0. The van der Waals surface area contributed by atoms with Crippen LogP contribution in [0.1, 0.15) is 38.5 Å². The van der Waals surface area contributed by atoms with Crippen molar-refractivity contribution in [2.24, 2.45) is 5.92 Å². The average Bonchev–Trinajstić information content (AvgIpc) is 3.01. The first-order chi connectivity index (χ1) is 7.95. The molecule has 2 nitrogen and oxygen atoms in total. The molecule has 91 valence electrons. The highest BCUT2D eigenvalue weighted by atomic mass is 32.2. The van der Waals surface area contributed by atoms with E-state index >= 15 is 0 Å². The Balaban J connectivity index is 1.63. The fourth-order valence-electron chi connectivity index (χ4n) is 3.17. The minimum Gasteiger partial charge on any atom is -0.378 e. The van der Waals surface area contributed by atoms with Crippen molar-refractivity contribution >= 4 is 11.8 Å². The second-order valence-electron chi connectivity index (χ2n) is 5.07. The zero-order valence-corrected chi connectivity index (χ0v) is 10.6. The maximum atomic E-state index is 5.97. The molecule has 0 aliphatic carbocycles. The van der Waals surface area contributed by atoms with E-state index in [1.807, 2.05) is 0 Å². The summed E-state index contributed by atoms with van der Waals surface area (Å²) in [5, 5.41) is 0.644. The van der Waals surface area contributed by atoms with E-state index < -0.39 is 0 Å². The van der Waals surface area contributed by atoms with E-state index in [4.69, 9.17) is 9.47 Å². The van der Waals surface area contributed by atoms with Crippen LogP contribution in [0.4, 0.5) is 0 Å². The van der Waals surface area contributed by atoms with Gasteiger partial charge in [-0.05, 0) is 44.3 Å². The summed E-state index contributed by atoms with van der Waals surface area (Å²) in [6, 6.07) is 0. The highest BCUT2D eigenvalue weighted by Crippen LogP contribution is 2.45. The molecule has 0 saturated carbocycles. The number of rotatable bonds is 2. The van der Waals surface area contributed by atoms with Gasteiger partial charge in [-0.15, -0.1) is 0 Å². The van der Waals surface area contributed by atoms with Crippen molar-refractivity contribution in [3.8, 4) is 0 Å². The predicted molar refractivity (Wildman–Crippen MR) is 66.4 cm³/mol. The van der Waals surface area contributed by atoms with Crippen molar-refractivity contribution in [1.82, 2.24) is 0 Å². The lowest BCUT2D eigenvalue weighted by Gasteiger charge is -2.32. The topological polar surface area (TPSA) is 18.5 Å². The molecule has 3 atom stereocenters. The maximum absolute atomic E-state index is 5.97. The fraction of sp³-hybridized carbons (Fsp3) is 0.923. The average molecular weight is 241 g/mol. The molecule has 0 N–H and O–H groups in total. The van der Waals surface area contributed by atoms with Crippen LogP contribution in [0.25, 0.3) is 0 Å². The fourth-order valence-corrected chi connectivity index (χ4v) is 4.76. The van der Waals surface area contributed by atoms with Crippen LogP contribution in [-0.2, 0) is 9.47 Å². The second kappa shape index (κ2) is 5.28. The summed E-state index contributed by atoms with van der Waals surface area (Å²) >= 11 is 2.10. The molecule has 3 fully saturated rings. The Hall–Kier alpha value is 0.270. The van der Waals surface area contributed by atoms with Gasteiger partial charge in [0, 0.05) is 24.4 Å². The lowest BCUT2D eigenvalue weighted by molar-refractivity contribution is -0.0240. The summed E-state index contributed by atoms with van der Waals surface area (Å²) in [6.45, 7) is 1.93. The predicted octanol–water partition coefficient (Wildman–Crippen LogP) is 3.02. The number of thioether (sulfide) groups is 1. The molecule has 0 bridgehead atoms. The molecule has 1 radical (unpaired) electrons. The van der Waals surface area contributed by atoms with Gasteiger partial charge in [0.2, 0.25) is 0 Å². The summed E-state index contributed by atoms with van der Waals surface area (Å²) in [4.78, 5) is 0. The van der Waals surface area contributed by atoms with E-state index in [1.165, 1.54) is 50.4 Å². The van der Waals surface area contributed by atoms with Crippen LogP contribution in [0.15, 0.2) is 0 Å². The van der Waals surface area contributed by atoms with Crippen LogP contribution in [0.2, 0.25) is 0 Å². The molecule has 3 aliphatic rings. The van der Waals surface area contributed by atoms with Gasteiger partial charge < -0.3 is 9.47 Å². The first-order valence-electron chi connectivity index (χ1n) is 6.67. The molecule has 0 aromatic rings. The van der Waals surface area contributed by atoms with Crippen LogP contribution in [-0.4, -0.2) is 30.3 Å². The normalized spacial score (nSPS) is 41.6. The van der Waals surface area contributed by atoms with Crippen molar-refractivity contribution in [1.29, 1.82) is 0 Å². The lowest BCUT2D eigenvalue weighted by Crippen LogP contribution is -2.34. The number of ether oxygens (including phenoxy) is 2. The minimum atomic E-state index is 0.519. The van der Waals surface area contributed by atoms with E-state index in [0.29, 0.717) is 11.4 Å². The number of hydrogen-bond donors (Lipinski definition) is 0. The van der Waals surface area contributed by atoms with Crippen molar-refractivity contribution < 1.29 is 9.47 Å². The first kappa shape index (κ1) is 11.4. The molecule has 3 saturated heterocycles. The second-order valence-corrected chi connectivity index (χ2v) is 6.32. The highest BCUT2D eigenvalue weighted by molar-refractivity contribution is 8.00. The van der Waals surface area contributed by atoms with Gasteiger partial charge in [-0.3, -0.25) is 0 Å². The number of hydrogen-bond acceptors (Lipinski definition) is 3. The quantitative estimate of drug-likeness (QED) is 0.740. The van der Waals surface area contributed by atoms with Crippen LogP contribution in [0.5, 0.6) is 0 Å². The van der Waals surface area contributed by atoms with Gasteiger partial charge in [-0.2, -0.15) is 11.8 Å². The summed E-state index contributed by atoms with van der Waals surface area (Å²) in [5.41, 5.74) is 0. The molecule has 0 amide bonds. The zero-order valence-electron chi connectivity index (χ0n) is 9.82. The summed E-state index contributed by atoms with van der Waals surface area (Å²) in [5.74, 6) is 2.03. The third kappa shape index (κ3) is 2.27. The monoisotopic (exact) mass is 241 g/mol. The van der Waals surface area contributed by atoms with Crippen LogP contribution < -0.4 is 0 Å². The van der Waals surface area contributed by atoms with Crippen molar-refractivity contribution in [3.05, 3.63) is 6.10 Å². The molecular formula is C13H21O2S. The highest BCUT2D eigenvalue weighted by Gasteiger charge is 2.41. The molecule has 3 unspecified atom stereocenters. The Kier molecular flexibility index (Phi) is 3.75. The Bertz CT molecular complexity index is 222. The van der Waals surface area contributed by atoms with E-state index in [0.717, 1.165) is 19.1 Å². The first-order valence-corrected chi connectivity index (χ1v) is 7.72. The Morgan fingerprint density at radius 2 is 2.06 bits per heavy atom. The van der Waals surface area contributed by atoms with Gasteiger partial charge in [-0.25, -0.2) is 0 Å². The third-order valence-corrected chi connectivity index (χ3v) is 5.45. The van der Waals surface area contributed by atoms with Crippen LogP contribution >= 0.6 is 11.8 Å². The molecule has 0 aromatic heterocycles. The third-order valence-electron chi connectivity index (χ3n) is 4.00. The molecule has 0 aromatic carbocycles. The van der Waals surface area contributed by atoms with Crippen molar-refractivity contribution in [2.45, 2.75) is 49.9 Å². The molecule has 3 rings (SSSR count). The summed E-state index contributed by atoms with van der Waals surface area (Å²) < 4.78 is 11.8. The Labute approximate surface area is 102 Å². The minimum absolute atomic E-state index is 0.519. The molecule has 16 heavy (non-hydrogen) atoms. The zero-order chi connectivity index (χ0) is 10.8. The van der Waals surface area contributed by atoms with Crippen LogP contribution in [0, 0.1) is 12.0 Å². The lowest BCUT2D eigenvalue weighted by atomic mass is 9.88. The Morgan fingerprint density at radius 1 is 1.06 bits per heavy atom. The van der Waals surface area contributed by atoms with E-state index in [-0.39, 0.29) is 0 Å². The maximum Gasteiger partial charge on any atom is 0.110 e. The van der Waals surface area contributed by atoms with Gasteiger partial charge in [0.15, 0.2) is 0 Å². The van der Waals surface area contributed by atoms with Crippen LogP contribution in [0.3, 0.4) is 0 Å². The molecule has 3 heterocycles. The molecule has 3 heteroatoms. The molecular weight excluding hydrogens is 220 g/mol.